The molecule has 2 nitrogen and oxygen atoms in total. The fourth-order valence-corrected chi connectivity index (χ4v) is 2.60. The second kappa shape index (κ2) is 6.57. The van der Waals surface area contributed by atoms with Crippen LogP contribution in [0, 0.1) is 0 Å². The standard InChI is InChI=1S/C15H19NOS/c1-12(13-5-3-6-14(11-13)17-2)16-9-8-15-7-4-10-18-15/h3-7,10-12,16H,8-9H2,1-2H3/t12-/m1/s1. The van der Waals surface area contributed by atoms with E-state index in [1.165, 1.54) is 10.4 Å². The van der Waals surface area contributed by atoms with Crippen LogP contribution in [0.25, 0.3) is 0 Å². The van der Waals surface area contributed by atoms with E-state index < -0.39 is 0 Å². The van der Waals surface area contributed by atoms with Gasteiger partial charge in [0.2, 0.25) is 0 Å². The molecule has 1 aromatic carbocycles. The first-order valence-electron chi connectivity index (χ1n) is 6.19. The average Bonchev–Trinajstić information content (AvgIpc) is 2.92. The number of hydrogen-bond donors (Lipinski definition) is 1. The van der Waals surface area contributed by atoms with Crippen molar-refractivity contribution in [3.8, 4) is 5.75 Å². The van der Waals surface area contributed by atoms with E-state index >= 15 is 0 Å². The zero-order valence-electron chi connectivity index (χ0n) is 10.8. The molecule has 18 heavy (non-hydrogen) atoms. The third kappa shape index (κ3) is 3.59. The Bertz CT molecular complexity index is 467. The summed E-state index contributed by atoms with van der Waals surface area (Å²) in [5, 5.41) is 5.67. The largest absolute Gasteiger partial charge is 0.497 e. The van der Waals surface area contributed by atoms with Crippen LogP contribution in [-0.2, 0) is 6.42 Å². The van der Waals surface area contributed by atoms with Gasteiger partial charge in [-0.1, -0.05) is 18.2 Å². The lowest BCUT2D eigenvalue weighted by molar-refractivity contribution is 0.413. The van der Waals surface area contributed by atoms with Crippen molar-refractivity contribution in [2.45, 2.75) is 19.4 Å². The van der Waals surface area contributed by atoms with Crippen LogP contribution < -0.4 is 10.1 Å². The molecule has 0 bridgehead atoms. The Morgan fingerprint density at radius 3 is 2.89 bits per heavy atom. The number of rotatable bonds is 6. The second-order valence-corrected chi connectivity index (χ2v) is 5.31. The van der Waals surface area contributed by atoms with Gasteiger partial charge in [-0.3, -0.25) is 0 Å². The number of ether oxygens (including phenoxy) is 1. The van der Waals surface area contributed by atoms with Gasteiger partial charge >= 0.3 is 0 Å². The summed E-state index contributed by atoms with van der Waals surface area (Å²) in [5.74, 6) is 0.916. The van der Waals surface area contributed by atoms with Crippen molar-refractivity contribution in [2.24, 2.45) is 0 Å². The molecule has 1 aromatic heterocycles. The van der Waals surface area contributed by atoms with E-state index in [0.717, 1.165) is 18.7 Å². The van der Waals surface area contributed by atoms with Crippen LogP contribution in [0.4, 0.5) is 0 Å². The van der Waals surface area contributed by atoms with Crippen LogP contribution >= 0.6 is 11.3 Å². The minimum absolute atomic E-state index is 0.347. The molecule has 0 saturated heterocycles. The molecule has 0 saturated carbocycles. The van der Waals surface area contributed by atoms with Gasteiger partial charge in [0.1, 0.15) is 5.75 Å². The molecule has 0 radical (unpaired) electrons. The zero-order valence-corrected chi connectivity index (χ0v) is 11.7. The average molecular weight is 261 g/mol. The predicted octanol–water partition coefficient (Wildman–Crippen LogP) is 3.65. The van der Waals surface area contributed by atoms with E-state index in [1.54, 1.807) is 7.11 Å². The molecule has 2 rings (SSSR count). The molecule has 0 unspecified atom stereocenters. The minimum Gasteiger partial charge on any atom is -0.497 e. The molecule has 3 heteroatoms. The number of thiophene rings is 1. The summed E-state index contributed by atoms with van der Waals surface area (Å²) >= 11 is 1.82. The topological polar surface area (TPSA) is 21.3 Å². The highest BCUT2D eigenvalue weighted by atomic mass is 32.1. The number of benzene rings is 1. The maximum absolute atomic E-state index is 5.24. The monoisotopic (exact) mass is 261 g/mol. The quantitative estimate of drug-likeness (QED) is 0.857. The molecular formula is C15H19NOS. The molecular weight excluding hydrogens is 242 g/mol. The highest BCUT2D eigenvalue weighted by molar-refractivity contribution is 7.09. The van der Waals surface area contributed by atoms with Crippen molar-refractivity contribution in [3.63, 3.8) is 0 Å². The van der Waals surface area contributed by atoms with Crippen LogP contribution in [0.15, 0.2) is 41.8 Å². The molecule has 0 aliphatic heterocycles. The van der Waals surface area contributed by atoms with E-state index in [0.29, 0.717) is 6.04 Å². The summed E-state index contributed by atoms with van der Waals surface area (Å²) in [6.45, 7) is 3.18. The summed E-state index contributed by atoms with van der Waals surface area (Å²) in [6, 6.07) is 12.9. The molecule has 1 atom stereocenters. The van der Waals surface area contributed by atoms with E-state index in [9.17, 15) is 0 Å². The molecule has 1 heterocycles. The Morgan fingerprint density at radius 1 is 1.28 bits per heavy atom. The van der Waals surface area contributed by atoms with Crippen LogP contribution in [0.1, 0.15) is 23.4 Å². The first-order valence-corrected chi connectivity index (χ1v) is 7.07. The Kier molecular flexibility index (Phi) is 4.79. The van der Waals surface area contributed by atoms with Gasteiger partial charge < -0.3 is 10.1 Å². The first kappa shape index (κ1) is 13.1. The number of methoxy groups -OCH3 is 1. The van der Waals surface area contributed by atoms with Crippen molar-refractivity contribution in [1.82, 2.24) is 5.32 Å². The third-order valence-electron chi connectivity index (χ3n) is 3.00. The van der Waals surface area contributed by atoms with E-state index in [-0.39, 0.29) is 0 Å². The lowest BCUT2D eigenvalue weighted by Gasteiger charge is -2.14. The summed E-state index contributed by atoms with van der Waals surface area (Å²) in [5.41, 5.74) is 1.26. The highest BCUT2D eigenvalue weighted by Gasteiger charge is 2.05. The maximum Gasteiger partial charge on any atom is 0.119 e. The summed E-state index contributed by atoms with van der Waals surface area (Å²) in [7, 11) is 1.70. The van der Waals surface area contributed by atoms with E-state index in [2.05, 4.69) is 41.9 Å². The van der Waals surface area contributed by atoms with Gasteiger partial charge in [-0.05, 0) is 42.5 Å². The van der Waals surface area contributed by atoms with E-state index in [1.807, 2.05) is 23.5 Å². The maximum atomic E-state index is 5.24. The lowest BCUT2D eigenvalue weighted by atomic mass is 10.1. The van der Waals surface area contributed by atoms with E-state index in [4.69, 9.17) is 4.74 Å². The van der Waals surface area contributed by atoms with Gasteiger partial charge in [-0.2, -0.15) is 0 Å². The smallest absolute Gasteiger partial charge is 0.119 e. The van der Waals surface area contributed by atoms with Gasteiger partial charge in [0, 0.05) is 17.5 Å². The van der Waals surface area contributed by atoms with Crippen molar-refractivity contribution in [1.29, 1.82) is 0 Å². The second-order valence-electron chi connectivity index (χ2n) is 4.28. The molecule has 0 aliphatic rings. The summed E-state index contributed by atoms with van der Waals surface area (Å²) in [6.07, 6.45) is 1.09. The fraction of sp³-hybridized carbons (Fsp3) is 0.333. The van der Waals surface area contributed by atoms with Crippen molar-refractivity contribution in [2.75, 3.05) is 13.7 Å². The SMILES string of the molecule is COc1cccc([C@@H](C)NCCc2cccs2)c1. The van der Waals surface area contributed by atoms with Crippen LogP contribution in [-0.4, -0.2) is 13.7 Å². The van der Waals surface area contributed by atoms with Gasteiger partial charge in [0.25, 0.3) is 0 Å². The first-order chi connectivity index (χ1) is 8.79. The van der Waals surface area contributed by atoms with Gasteiger partial charge in [-0.15, -0.1) is 11.3 Å². The third-order valence-corrected chi connectivity index (χ3v) is 3.93. The molecule has 2 aromatic rings. The van der Waals surface area contributed by atoms with Crippen molar-refractivity contribution >= 4 is 11.3 Å². The fourth-order valence-electron chi connectivity index (χ4n) is 1.90. The van der Waals surface area contributed by atoms with Crippen molar-refractivity contribution in [3.05, 3.63) is 52.2 Å². The van der Waals surface area contributed by atoms with Gasteiger partial charge in [0.15, 0.2) is 0 Å². The van der Waals surface area contributed by atoms with Gasteiger partial charge in [0.05, 0.1) is 7.11 Å². The highest BCUT2D eigenvalue weighted by Crippen LogP contribution is 2.18. The number of hydrogen-bond acceptors (Lipinski definition) is 3. The minimum atomic E-state index is 0.347. The van der Waals surface area contributed by atoms with Crippen LogP contribution in [0.2, 0.25) is 0 Å². The van der Waals surface area contributed by atoms with Crippen LogP contribution in [0.5, 0.6) is 5.75 Å². The Balaban J connectivity index is 1.85. The molecule has 0 amide bonds. The summed E-state index contributed by atoms with van der Waals surface area (Å²) in [4.78, 5) is 1.43. The predicted molar refractivity (Wildman–Crippen MR) is 77.4 cm³/mol. The molecule has 1 N–H and O–H groups in total. The Morgan fingerprint density at radius 2 is 2.17 bits per heavy atom. The Labute approximate surface area is 113 Å². The summed E-state index contributed by atoms with van der Waals surface area (Å²) < 4.78 is 5.24. The van der Waals surface area contributed by atoms with Crippen molar-refractivity contribution < 1.29 is 4.74 Å². The molecule has 0 aliphatic carbocycles. The molecule has 0 fully saturated rings. The normalized spacial score (nSPS) is 12.3. The van der Waals surface area contributed by atoms with Gasteiger partial charge in [-0.25, -0.2) is 0 Å². The molecule has 96 valence electrons. The zero-order chi connectivity index (χ0) is 12.8. The van der Waals surface area contributed by atoms with Crippen LogP contribution in [0.3, 0.4) is 0 Å². The molecule has 0 spiro atoms. The number of nitrogens with one attached hydrogen (secondary N) is 1. The lowest BCUT2D eigenvalue weighted by Crippen LogP contribution is -2.21. The Hall–Kier alpha value is -1.32.